The molecule has 0 aliphatic carbocycles. The van der Waals surface area contributed by atoms with Gasteiger partial charge in [0.15, 0.2) is 4.80 Å². The van der Waals surface area contributed by atoms with E-state index < -0.39 is 0 Å². The van der Waals surface area contributed by atoms with E-state index in [0.717, 1.165) is 22.5 Å². The smallest absolute Gasteiger partial charge is 0.260 e. The predicted molar refractivity (Wildman–Crippen MR) is 93.3 cm³/mol. The minimum atomic E-state index is -0.371. The fourth-order valence-corrected chi connectivity index (χ4v) is 3.35. The van der Waals surface area contributed by atoms with Gasteiger partial charge in [0.1, 0.15) is 0 Å². The molecule has 0 bridgehead atoms. The molecule has 0 atom stereocenters. The summed E-state index contributed by atoms with van der Waals surface area (Å²) in [5, 5.41) is 1.95. The second kappa shape index (κ2) is 7.20. The molecule has 0 saturated heterocycles. The molecule has 3 rings (SSSR count). The summed E-state index contributed by atoms with van der Waals surface area (Å²) < 4.78 is 1.98. The Hall–Kier alpha value is -2.46. The molecular formula is C19H18N2OS. The van der Waals surface area contributed by atoms with Gasteiger partial charge in [-0.25, -0.2) is 0 Å². The Morgan fingerprint density at radius 3 is 2.13 bits per heavy atom. The van der Waals surface area contributed by atoms with Gasteiger partial charge >= 0.3 is 0 Å². The lowest BCUT2D eigenvalue weighted by Gasteiger charge is -2.14. The molecule has 3 nitrogen and oxygen atoms in total. The standard InChI is InChI=1S/C19H18N2OS/c1-2-21-13-14-23-19(21)20-18(22)17(15-9-5-3-6-10-15)16-11-7-4-8-12-16/h3-14,17H,2H2,1H3. The highest BCUT2D eigenvalue weighted by atomic mass is 32.1. The summed E-state index contributed by atoms with van der Waals surface area (Å²) in [5.41, 5.74) is 1.93. The van der Waals surface area contributed by atoms with Gasteiger partial charge < -0.3 is 4.57 Å². The molecule has 1 amide bonds. The first-order chi connectivity index (χ1) is 11.3. The van der Waals surface area contributed by atoms with E-state index in [4.69, 9.17) is 0 Å². The summed E-state index contributed by atoms with van der Waals surface area (Å²) in [7, 11) is 0. The van der Waals surface area contributed by atoms with Crippen LogP contribution in [0.1, 0.15) is 24.0 Å². The molecule has 3 aromatic rings. The summed E-state index contributed by atoms with van der Waals surface area (Å²) in [4.78, 5) is 18.0. The third-order valence-electron chi connectivity index (χ3n) is 3.72. The second-order valence-corrected chi connectivity index (χ2v) is 6.05. The molecule has 1 aromatic heterocycles. The van der Waals surface area contributed by atoms with Gasteiger partial charge in [0.05, 0.1) is 5.92 Å². The molecule has 1 heterocycles. The van der Waals surface area contributed by atoms with Gasteiger partial charge in [-0.2, -0.15) is 4.99 Å². The minimum absolute atomic E-state index is 0.132. The van der Waals surface area contributed by atoms with E-state index in [1.54, 1.807) is 0 Å². The maximum Gasteiger partial charge on any atom is 0.260 e. The summed E-state index contributed by atoms with van der Waals surface area (Å²) in [6, 6.07) is 19.6. The number of nitrogens with zero attached hydrogens (tertiary/aromatic N) is 2. The van der Waals surface area contributed by atoms with Gasteiger partial charge in [-0.15, -0.1) is 11.3 Å². The van der Waals surface area contributed by atoms with Crippen molar-refractivity contribution in [1.82, 2.24) is 4.57 Å². The van der Waals surface area contributed by atoms with Crippen molar-refractivity contribution in [3.05, 3.63) is 88.2 Å². The SMILES string of the molecule is CCn1ccsc1=NC(=O)C(c1ccccc1)c1ccccc1. The number of carbonyl (C=O) groups is 1. The molecule has 0 unspecified atom stereocenters. The number of aryl methyl sites for hydroxylation is 1. The molecule has 23 heavy (non-hydrogen) atoms. The second-order valence-electron chi connectivity index (χ2n) is 5.18. The van der Waals surface area contributed by atoms with Gasteiger partial charge in [0.25, 0.3) is 5.91 Å². The molecule has 0 spiro atoms. The highest BCUT2D eigenvalue weighted by molar-refractivity contribution is 7.07. The predicted octanol–water partition coefficient (Wildman–Crippen LogP) is 3.83. The molecule has 116 valence electrons. The van der Waals surface area contributed by atoms with Crippen LogP contribution in [0, 0.1) is 0 Å². The van der Waals surface area contributed by atoms with E-state index in [2.05, 4.69) is 4.99 Å². The lowest BCUT2D eigenvalue weighted by atomic mass is 9.91. The molecular weight excluding hydrogens is 304 g/mol. The molecule has 0 N–H and O–H groups in total. The number of rotatable bonds is 4. The van der Waals surface area contributed by atoms with Crippen LogP contribution in [-0.2, 0) is 11.3 Å². The van der Waals surface area contributed by atoms with Crippen LogP contribution in [0.15, 0.2) is 77.2 Å². The summed E-state index contributed by atoms with van der Waals surface area (Å²) in [5.74, 6) is -0.503. The number of aromatic nitrogens is 1. The lowest BCUT2D eigenvalue weighted by Crippen LogP contribution is -2.19. The first-order valence-corrected chi connectivity index (χ1v) is 8.50. The third-order valence-corrected chi connectivity index (χ3v) is 4.51. The van der Waals surface area contributed by atoms with Crippen molar-refractivity contribution in [2.24, 2.45) is 4.99 Å². The quantitative estimate of drug-likeness (QED) is 0.719. The Bertz CT molecular complexity index is 795. The van der Waals surface area contributed by atoms with Crippen LogP contribution < -0.4 is 4.80 Å². The van der Waals surface area contributed by atoms with Crippen molar-refractivity contribution in [3.63, 3.8) is 0 Å². The first kappa shape index (κ1) is 15.4. The van der Waals surface area contributed by atoms with E-state index in [0.29, 0.717) is 0 Å². The number of amides is 1. The molecule has 0 fully saturated rings. The van der Waals surface area contributed by atoms with Gasteiger partial charge in [0.2, 0.25) is 0 Å². The Morgan fingerprint density at radius 2 is 1.61 bits per heavy atom. The summed E-state index contributed by atoms with van der Waals surface area (Å²) >= 11 is 1.49. The Morgan fingerprint density at radius 1 is 1.04 bits per heavy atom. The Kier molecular flexibility index (Phi) is 4.83. The first-order valence-electron chi connectivity index (χ1n) is 7.62. The molecule has 0 aliphatic heterocycles. The van der Waals surface area contributed by atoms with Crippen LogP contribution in [-0.4, -0.2) is 10.5 Å². The average Bonchev–Trinajstić information content (AvgIpc) is 3.04. The normalized spacial score (nSPS) is 11.8. The average molecular weight is 322 g/mol. The molecule has 2 aromatic carbocycles. The number of thiazole rings is 1. The number of carbonyl (C=O) groups excluding carboxylic acids is 1. The molecule has 4 heteroatoms. The fraction of sp³-hybridized carbons (Fsp3) is 0.158. The maximum atomic E-state index is 12.9. The third kappa shape index (κ3) is 3.48. The minimum Gasteiger partial charge on any atom is -0.324 e. The van der Waals surface area contributed by atoms with E-state index in [9.17, 15) is 4.79 Å². The van der Waals surface area contributed by atoms with Crippen molar-refractivity contribution in [2.45, 2.75) is 19.4 Å². The van der Waals surface area contributed by atoms with Crippen LogP contribution in [0.4, 0.5) is 0 Å². The van der Waals surface area contributed by atoms with Crippen LogP contribution in [0.3, 0.4) is 0 Å². The van der Waals surface area contributed by atoms with Crippen LogP contribution in [0.25, 0.3) is 0 Å². The van der Waals surface area contributed by atoms with Crippen LogP contribution >= 0.6 is 11.3 Å². The van der Waals surface area contributed by atoms with Gasteiger partial charge in [-0.1, -0.05) is 60.7 Å². The zero-order chi connectivity index (χ0) is 16.1. The summed E-state index contributed by atoms with van der Waals surface area (Å²) in [6.45, 7) is 2.85. The van der Waals surface area contributed by atoms with Crippen LogP contribution in [0.5, 0.6) is 0 Å². The van der Waals surface area contributed by atoms with Crippen molar-refractivity contribution in [2.75, 3.05) is 0 Å². The summed E-state index contributed by atoms with van der Waals surface area (Å²) in [6.07, 6.45) is 1.96. The van der Waals surface area contributed by atoms with Crippen molar-refractivity contribution < 1.29 is 4.79 Å². The van der Waals surface area contributed by atoms with Crippen LogP contribution in [0.2, 0.25) is 0 Å². The maximum absolute atomic E-state index is 12.9. The molecule has 0 radical (unpaired) electrons. The van der Waals surface area contributed by atoms with Crippen molar-refractivity contribution in [1.29, 1.82) is 0 Å². The van der Waals surface area contributed by atoms with Gasteiger partial charge in [-0.3, -0.25) is 4.79 Å². The zero-order valence-corrected chi connectivity index (χ0v) is 13.7. The van der Waals surface area contributed by atoms with E-state index in [1.807, 2.05) is 83.7 Å². The van der Waals surface area contributed by atoms with E-state index in [1.165, 1.54) is 11.3 Å². The van der Waals surface area contributed by atoms with Gasteiger partial charge in [-0.05, 0) is 18.1 Å². The number of hydrogen-bond acceptors (Lipinski definition) is 2. The highest BCUT2D eigenvalue weighted by Gasteiger charge is 2.22. The fourth-order valence-electron chi connectivity index (χ4n) is 2.55. The lowest BCUT2D eigenvalue weighted by molar-refractivity contribution is -0.118. The van der Waals surface area contributed by atoms with Crippen molar-refractivity contribution >= 4 is 17.2 Å². The Balaban J connectivity index is 2.06. The molecule has 0 aliphatic rings. The van der Waals surface area contributed by atoms with Crippen molar-refractivity contribution in [3.8, 4) is 0 Å². The number of hydrogen-bond donors (Lipinski definition) is 0. The van der Waals surface area contributed by atoms with E-state index >= 15 is 0 Å². The highest BCUT2D eigenvalue weighted by Crippen LogP contribution is 2.25. The van der Waals surface area contributed by atoms with Gasteiger partial charge in [0, 0.05) is 18.1 Å². The topological polar surface area (TPSA) is 34.4 Å². The monoisotopic (exact) mass is 322 g/mol. The largest absolute Gasteiger partial charge is 0.324 e. The molecule has 0 saturated carbocycles. The van der Waals surface area contributed by atoms with E-state index in [-0.39, 0.29) is 11.8 Å². The number of benzene rings is 2. The Labute approximate surface area is 139 Å². The zero-order valence-electron chi connectivity index (χ0n) is 12.9.